The van der Waals surface area contributed by atoms with Crippen LogP contribution >= 0.6 is 11.7 Å². The Kier molecular flexibility index (Phi) is 4.07. The van der Waals surface area contributed by atoms with Gasteiger partial charge in [0.2, 0.25) is 0 Å². The number of nitrogens with zero attached hydrogens (tertiary/aromatic N) is 4. The normalized spacial score (nSPS) is 15.2. The van der Waals surface area contributed by atoms with Crippen LogP contribution in [0.1, 0.15) is 20.8 Å². The highest BCUT2D eigenvalue weighted by Crippen LogP contribution is 2.18. The number of hydrogen-bond donors (Lipinski definition) is 0. The number of carbonyl (C=O) groups is 2. The monoisotopic (exact) mass is 300 g/mol. The van der Waals surface area contributed by atoms with Gasteiger partial charge in [0.1, 0.15) is 18.9 Å². The summed E-state index contributed by atoms with van der Waals surface area (Å²) in [6.07, 6.45) is 0.419. The Morgan fingerprint density at radius 3 is 2.85 bits per heavy atom. The molecule has 0 bridgehead atoms. The summed E-state index contributed by atoms with van der Waals surface area (Å²) in [5.41, 5.74) is -0.635. The second-order valence-corrected chi connectivity index (χ2v) is 5.75. The van der Waals surface area contributed by atoms with E-state index in [-0.39, 0.29) is 6.67 Å². The molecule has 2 rings (SSSR count). The third-order valence-electron chi connectivity index (χ3n) is 2.40. The van der Waals surface area contributed by atoms with Gasteiger partial charge in [-0.15, -0.1) is 0 Å². The average molecular weight is 300 g/mol. The summed E-state index contributed by atoms with van der Waals surface area (Å²) in [7, 11) is 0. The van der Waals surface area contributed by atoms with E-state index in [1.54, 1.807) is 20.8 Å². The summed E-state index contributed by atoms with van der Waals surface area (Å²) >= 11 is 0.978. The summed E-state index contributed by atoms with van der Waals surface area (Å²) in [6, 6.07) is 0. The molecule has 1 aliphatic rings. The molecule has 1 fully saturated rings. The van der Waals surface area contributed by atoms with Gasteiger partial charge in [0.05, 0.1) is 24.5 Å². The van der Waals surface area contributed by atoms with Crippen LogP contribution in [0, 0.1) is 0 Å². The van der Waals surface area contributed by atoms with Gasteiger partial charge in [0.15, 0.2) is 5.82 Å². The number of hydrogen-bond acceptors (Lipinski definition) is 7. The lowest BCUT2D eigenvalue weighted by molar-refractivity contribution is 0.0564. The standard InChI is InChI=1S/C11H16N4O4S/c1-11(2,3)19-10(17)15(8-6-12-20-13-8)7-14-4-5-18-9(14)16/h6H,4-5,7H2,1-3H3. The molecule has 0 saturated carbocycles. The average Bonchev–Trinajstić information content (AvgIpc) is 2.95. The van der Waals surface area contributed by atoms with Crippen LogP contribution in [0.4, 0.5) is 15.4 Å². The molecule has 0 atom stereocenters. The van der Waals surface area contributed by atoms with E-state index >= 15 is 0 Å². The first kappa shape index (κ1) is 14.5. The lowest BCUT2D eigenvalue weighted by Gasteiger charge is -2.27. The van der Waals surface area contributed by atoms with Crippen molar-refractivity contribution in [2.75, 3.05) is 24.7 Å². The van der Waals surface area contributed by atoms with Crippen LogP contribution in [0.5, 0.6) is 0 Å². The summed E-state index contributed by atoms with van der Waals surface area (Å²) < 4.78 is 18.0. The molecule has 1 aliphatic heterocycles. The first-order valence-corrected chi connectivity index (χ1v) is 6.79. The van der Waals surface area contributed by atoms with Gasteiger partial charge in [-0.3, -0.25) is 4.90 Å². The summed E-state index contributed by atoms with van der Waals surface area (Å²) in [5, 5.41) is 0. The predicted octanol–water partition coefficient (Wildman–Crippen LogP) is 1.69. The highest BCUT2D eigenvalue weighted by molar-refractivity contribution is 6.99. The van der Waals surface area contributed by atoms with Crippen LogP contribution in [0.25, 0.3) is 0 Å². The van der Waals surface area contributed by atoms with Crippen LogP contribution in [0.15, 0.2) is 6.20 Å². The van der Waals surface area contributed by atoms with Gasteiger partial charge in [-0.1, -0.05) is 0 Å². The van der Waals surface area contributed by atoms with E-state index in [0.717, 1.165) is 11.7 Å². The first-order chi connectivity index (χ1) is 9.37. The van der Waals surface area contributed by atoms with E-state index in [1.807, 2.05) is 0 Å². The smallest absolute Gasteiger partial charge is 0.417 e. The van der Waals surface area contributed by atoms with E-state index in [9.17, 15) is 9.59 Å². The molecule has 0 unspecified atom stereocenters. The minimum atomic E-state index is -0.635. The van der Waals surface area contributed by atoms with Crippen molar-refractivity contribution in [3.05, 3.63) is 6.20 Å². The van der Waals surface area contributed by atoms with Crippen molar-refractivity contribution in [2.24, 2.45) is 0 Å². The SMILES string of the molecule is CC(C)(C)OC(=O)N(CN1CCOC1=O)c1cnsn1. The number of anilines is 1. The number of aromatic nitrogens is 2. The highest BCUT2D eigenvalue weighted by Gasteiger charge is 2.30. The van der Waals surface area contributed by atoms with Crippen molar-refractivity contribution < 1.29 is 19.1 Å². The van der Waals surface area contributed by atoms with E-state index < -0.39 is 17.8 Å². The fraction of sp³-hybridized carbons (Fsp3) is 0.636. The molecule has 110 valence electrons. The van der Waals surface area contributed by atoms with Crippen molar-refractivity contribution in [1.29, 1.82) is 0 Å². The quantitative estimate of drug-likeness (QED) is 0.844. The van der Waals surface area contributed by atoms with Gasteiger partial charge in [-0.25, -0.2) is 14.5 Å². The highest BCUT2D eigenvalue weighted by atomic mass is 32.1. The first-order valence-electron chi connectivity index (χ1n) is 6.06. The largest absolute Gasteiger partial charge is 0.447 e. The molecule has 0 spiro atoms. The summed E-state index contributed by atoms with van der Waals surface area (Å²) in [4.78, 5) is 26.4. The van der Waals surface area contributed by atoms with Crippen LogP contribution < -0.4 is 4.90 Å². The Morgan fingerprint density at radius 1 is 1.60 bits per heavy atom. The molecular weight excluding hydrogens is 284 g/mol. The molecule has 0 radical (unpaired) electrons. The molecule has 20 heavy (non-hydrogen) atoms. The number of amides is 2. The van der Waals surface area contributed by atoms with E-state index in [0.29, 0.717) is 19.0 Å². The van der Waals surface area contributed by atoms with E-state index in [1.165, 1.54) is 16.0 Å². The fourth-order valence-corrected chi connectivity index (χ4v) is 1.96. The molecule has 1 aromatic rings. The number of ether oxygens (including phenoxy) is 2. The fourth-order valence-electron chi connectivity index (χ4n) is 1.54. The Morgan fingerprint density at radius 2 is 2.35 bits per heavy atom. The van der Waals surface area contributed by atoms with Crippen LogP contribution in [0.3, 0.4) is 0 Å². The van der Waals surface area contributed by atoms with Gasteiger partial charge in [-0.05, 0) is 20.8 Å². The third kappa shape index (κ3) is 3.56. The molecular formula is C11H16N4O4S. The zero-order valence-electron chi connectivity index (χ0n) is 11.5. The van der Waals surface area contributed by atoms with Gasteiger partial charge in [-0.2, -0.15) is 8.75 Å². The number of carbonyl (C=O) groups excluding carboxylic acids is 2. The van der Waals surface area contributed by atoms with Crippen LogP contribution in [0.2, 0.25) is 0 Å². The van der Waals surface area contributed by atoms with Crippen molar-refractivity contribution >= 4 is 29.7 Å². The van der Waals surface area contributed by atoms with Gasteiger partial charge in [0, 0.05) is 0 Å². The lowest BCUT2D eigenvalue weighted by atomic mass is 10.2. The molecule has 1 saturated heterocycles. The van der Waals surface area contributed by atoms with Crippen molar-refractivity contribution in [3.63, 3.8) is 0 Å². The van der Waals surface area contributed by atoms with Gasteiger partial charge in [0.25, 0.3) is 0 Å². The molecule has 1 aromatic heterocycles. The second kappa shape index (κ2) is 5.61. The molecule has 8 nitrogen and oxygen atoms in total. The maximum absolute atomic E-state index is 12.2. The van der Waals surface area contributed by atoms with Crippen molar-refractivity contribution in [3.8, 4) is 0 Å². The topological polar surface area (TPSA) is 84.9 Å². The maximum Gasteiger partial charge on any atom is 0.417 e. The summed E-state index contributed by atoms with van der Waals surface area (Å²) in [5.74, 6) is 0.351. The summed E-state index contributed by atoms with van der Waals surface area (Å²) in [6.45, 7) is 6.08. The third-order valence-corrected chi connectivity index (χ3v) is 2.87. The molecule has 0 aromatic carbocycles. The predicted molar refractivity (Wildman–Crippen MR) is 71.5 cm³/mol. The minimum Gasteiger partial charge on any atom is -0.447 e. The zero-order valence-corrected chi connectivity index (χ0v) is 12.3. The Balaban J connectivity index is 2.13. The van der Waals surface area contributed by atoms with E-state index in [2.05, 4.69) is 8.75 Å². The second-order valence-electron chi connectivity index (χ2n) is 5.19. The van der Waals surface area contributed by atoms with Gasteiger partial charge < -0.3 is 9.47 Å². The molecule has 0 N–H and O–H groups in total. The molecule has 0 aliphatic carbocycles. The molecule has 9 heteroatoms. The van der Waals surface area contributed by atoms with Crippen LogP contribution in [-0.4, -0.2) is 51.3 Å². The molecule has 2 heterocycles. The maximum atomic E-state index is 12.2. The Hall–Kier alpha value is -1.90. The van der Waals surface area contributed by atoms with E-state index in [4.69, 9.17) is 9.47 Å². The zero-order chi connectivity index (χ0) is 14.8. The lowest BCUT2D eigenvalue weighted by Crippen LogP contribution is -2.44. The van der Waals surface area contributed by atoms with Crippen molar-refractivity contribution in [1.82, 2.24) is 13.6 Å². The number of rotatable bonds is 3. The number of cyclic esters (lactones) is 1. The Labute approximate surface area is 120 Å². The Bertz CT molecular complexity index is 485. The van der Waals surface area contributed by atoms with Gasteiger partial charge >= 0.3 is 12.2 Å². The minimum absolute atomic E-state index is 0.0269. The van der Waals surface area contributed by atoms with Crippen LogP contribution in [-0.2, 0) is 9.47 Å². The van der Waals surface area contributed by atoms with Crippen molar-refractivity contribution in [2.45, 2.75) is 26.4 Å². The molecule has 2 amide bonds.